The van der Waals surface area contributed by atoms with Crippen molar-refractivity contribution in [1.82, 2.24) is 19.3 Å². The summed E-state index contributed by atoms with van der Waals surface area (Å²) in [5, 5.41) is 7.22. The number of aromatic nitrogens is 4. The Balaban J connectivity index is 1.15. The Morgan fingerprint density at radius 2 is 1.37 bits per heavy atom. The van der Waals surface area contributed by atoms with Gasteiger partial charge in [-0.15, -0.1) is 0 Å². The van der Waals surface area contributed by atoms with E-state index >= 15 is 0 Å². The summed E-state index contributed by atoms with van der Waals surface area (Å²) in [7, 11) is 0. The van der Waals surface area contributed by atoms with E-state index < -0.39 is 0 Å². The van der Waals surface area contributed by atoms with Gasteiger partial charge in [0.1, 0.15) is 28.8 Å². The second-order valence-corrected chi connectivity index (χ2v) is 15.0. The number of fused-ring (bicyclic) bond motifs is 3. The molecule has 0 aliphatic heterocycles. The molecule has 3 aromatic heterocycles. The van der Waals surface area contributed by atoms with Gasteiger partial charge in [0.2, 0.25) is 0 Å². The van der Waals surface area contributed by atoms with Crippen molar-refractivity contribution in [3.05, 3.63) is 156 Å². The first-order chi connectivity index (χ1) is 26.2. The Labute approximate surface area is 317 Å². The molecule has 0 fully saturated rings. The zero-order valence-corrected chi connectivity index (χ0v) is 31.9. The highest BCUT2D eigenvalue weighted by Gasteiger charge is 2.17. The first-order valence-electron chi connectivity index (χ1n) is 18.9. The number of para-hydroxylation sites is 2. The summed E-state index contributed by atoms with van der Waals surface area (Å²) in [6.07, 6.45) is 8.00. The maximum atomic E-state index is 6.75. The third kappa shape index (κ3) is 7.12. The van der Waals surface area contributed by atoms with Crippen molar-refractivity contribution in [2.75, 3.05) is 0 Å². The average molecular weight is 711 g/mol. The summed E-state index contributed by atoms with van der Waals surface area (Å²) in [5.41, 5.74) is 10.1. The maximum Gasteiger partial charge on any atom is 0.137 e. The van der Waals surface area contributed by atoms with E-state index in [0.29, 0.717) is 11.8 Å². The Bertz CT molecular complexity index is 2570. The van der Waals surface area contributed by atoms with E-state index in [2.05, 4.69) is 137 Å². The molecule has 0 aliphatic rings. The summed E-state index contributed by atoms with van der Waals surface area (Å²) in [4.78, 5) is 4.83. The fraction of sp³-hybridized carbons (Fsp3) is 0.208. The molecule has 0 aliphatic carbocycles. The lowest BCUT2D eigenvalue weighted by Gasteiger charge is -2.14. The Kier molecular flexibility index (Phi) is 9.51. The van der Waals surface area contributed by atoms with Gasteiger partial charge in [0.15, 0.2) is 0 Å². The van der Waals surface area contributed by atoms with Gasteiger partial charge in [-0.05, 0) is 133 Å². The second-order valence-electron chi connectivity index (χ2n) is 15.0. The molecule has 0 radical (unpaired) electrons. The predicted molar refractivity (Wildman–Crippen MR) is 221 cm³/mol. The molecular weight excluding hydrogens is 665 g/mol. The van der Waals surface area contributed by atoms with E-state index in [0.717, 1.165) is 86.0 Å². The van der Waals surface area contributed by atoms with Crippen LogP contribution < -0.4 is 9.47 Å². The molecule has 0 bridgehead atoms. The highest BCUT2D eigenvalue weighted by Crippen LogP contribution is 2.37. The van der Waals surface area contributed by atoms with Crippen LogP contribution >= 0.6 is 0 Å². The molecule has 270 valence electrons. The van der Waals surface area contributed by atoms with Crippen molar-refractivity contribution in [2.45, 2.75) is 60.3 Å². The molecule has 0 saturated carbocycles. The lowest BCUT2D eigenvalue weighted by Crippen LogP contribution is -2.00. The first-order valence-corrected chi connectivity index (χ1v) is 18.9. The number of nitrogens with zero attached hydrogens (tertiary/aromatic N) is 4. The largest absolute Gasteiger partial charge is 0.457 e. The minimum Gasteiger partial charge on any atom is -0.457 e. The van der Waals surface area contributed by atoms with Crippen LogP contribution in [-0.2, 0) is 6.42 Å². The van der Waals surface area contributed by atoms with Crippen molar-refractivity contribution < 1.29 is 9.47 Å². The van der Waals surface area contributed by atoms with Crippen LogP contribution in [0.2, 0.25) is 0 Å². The molecule has 0 spiro atoms. The predicted octanol–water partition coefficient (Wildman–Crippen LogP) is 12.9. The normalized spacial score (nSPS) is 11.6. The fourth-order valence-electron chi connectivity index (χ4n) is 7.40. The van der Waals surface area contributed by atoms with E-state index in [1.807, 2.05) is 47.4 Å². The zero-order valence-electron chi connectivity index (χ0n) is 31.9. The maximum absolute atomic E-state index is 6.75. The minimum atomic E-state index is 0.398. The molecule has 0 saturated heterocycles. The van der Waals surface area contributed by atoms with Crippen LogP contribution in [0.25, 0.3) is 44.4 Å². The summed E-state index contributed by atoms with van der Waals surface area (Å²) < 4.78 is 17.1. The van der Waals surface area contributed by atoms with Crippen LogP contribution in [0.4, 0.5) is 0 Å². The van der Waals surface area contributed by atoms with Gasteiger partial charge in [-0.1, -0.05) is 64.1 Å². The lowest BCUT2D eigenvalue weighted by molar-refractivity contribution is 0.481. The number of hydrogen-bond acceptors (Lipinski definition) is 4. The van der Waals surface area contributed by atoms with Gasteiger partial charge in [-0.3, -0.25) is 4.57 Å². The van der Waals surface area contributed by atoms with Crippen molar-refractivity contribution in [3.63, 3.8) is 0 Å². The number of aryl methyl sites for hydroxylation is 3. The molecule has 8 rings (SSSR count). The van der Waals surface area contributed by atoms with Crippen LogP contribution in [0.5, 0.6) is 23.0 Å². The number of pyridine rings is 1. The van der Waals surface area contributed by atoms with E-state index in [1.165, 1.54) is 16.5 Å². The van der Waals surface area contributed by atoms with Crippen molar-refractivity contribution in [2.24, 2.45) is 5.92 Å². The van der Waals surface area contributed by atoms with Gasteiger partial charge in [-0.2, -0.15) is 5.10 Å². The monoisotopic (exact) mass is 710 g/mol. The third-order valence-electron chi connectivity index (χ3n) is 10.1. The molecular formula is C48H46N4O2. The molecule has 8 aromatic rings. The van der Waals surface area contributed by atoms with Crippen molar-refractivity contribution in [1.29, 1.82) is 0 Å². The minimum absolute atomic E-state index is 0.398. The molecule has 54 heavy (non-hydrogen) atoms. The molecule has 5 aromatic carbocycles. The second kappa shape index (κ2) is 14.7. The molecule has 0 amide bonds. The van der Waals surface area contributed by atoms with Crippen molar-refractivity contribution in [3.8, 4) is 45.6 Å². The van der Waals surface area contributed by atoms with Gasteiger partial charge < -0.3 is 9.47 Å². The van der Waals surface area contributed by atoms with E-state index in [-0.39, 0.29) is 0 Å². The molecule has 0 atom stereocenters. The Hall–Kier alpha value is -6.14. The lowest BCUT2D eigenvalue weighted by atomic mass is 9.98. The van der Waals surface area contributed by atoms with Gasteiger partial charge >= 0.3 is 0 Å². The number of rotatable bonds is 11. The number of ether oxygens (including phenoxy) is 2. The Morgan fingerprint density at radius 1 is 0.648 bits per heavy atom. The quantitative estimate of drug-likeness (QED) is 0.134. The molecule has 3 heterocycles. The third-order valence-corrected chi connectivity index (χ3v) is 10.1. The highest BCUT2D eigenvalue weighted by molar-refractivity contribution is 6.09. The van der Waals surface area contributed by atoms with Crippen LogP contribution in [0.15, 0.2) is 134 Å². The molecule has 6 heteroatoms. The van der Waals surface area contributed by atoms with Gasteiger partial charge in [-0.25, -0.2) is 9.67 Å². The fourth-order valence-corrected chi connectivity index (χ4v) is 7.40. The number of benzene rings is 5. The summed E-state index contributed by atoms with van der Waals surface area (Å²) in [5.74, 6) is 5.08. The standard InChI is InChI=1S/C48H46N4O2/c1-31(2)16-17-35-24-38(51-30-37(29-50-51)48-33(5)22-41(23-34(48)6)53-39-12-8-7-9-13-39)27-42(25-35)54-40-18-19-44-43-14-10-11-15-45(43)52(46(44)28-40)47-26-36(32(3)4)20-21-49-47/h7-15,18-32H,16-17H2,1-6H3. The Morgan fingerprint density at radius 3 is 2.15 bits per heavy atom. The van der Waals surface area contributed by atoms with E-state index in [9.17, 15) is 0 Å². The molecule has 0 N–H and O–H groups in total. The molecule has 6 nitrogen and oxygen atoms in total. The van der Waals surface area contributed by atoms with Crippen LogP contribution in [0, 0.1) is 19.8 Å². The number of hydrogen-bond donors (Lipinski definition) is 0. The van der Waals surface area contributed by atoms with Gasteiger partial charge in [0.05, 0.1) is 22.9 Å². The summed E-state index contributed by atoms with van der Waals surface area (Å²) in [6, 6.07) is 39.8. The molecule has 0 unspecified atom stereocenters. The van der Waals surface area contributed by atoms with Crippen molar-refractivity contribution >= 4 is 21.8 Å². The average Bonchev–Trinajstić information content (AvgIpc) is 3.77. The summed E-state index contributed by atoms with van der Waals surface area (Å²) in [6.45, 7) is 13.2. The highest BCUT2D eigenvalue weighted by atomic mass is 16.5. The van der Waals surface area contributed by atoms with Gasteiger partial charge in [0.25, 0.3) is 0 Å². The van der Waals surface area contributed by atoms with Crippen LogP contribution in [0.1, 0.15) is 62.3 Å². The van der Waals surface area contributed by atoms with Gasteiger partial charge in [0, 0.05) is 40.9 Å². The summed E-state index contributed by atoms with van der Waals surface area (Å²) >= 11 is 0. The smallest absolute Gasteiger partial charge is 0.137 e. The van der Waals surface area contributed by atoms with Crippen LogP contribution in [-0.4, -0.2) is 19.3 Å². The van der Waals surface area contributed by atoms with E-state index in [1.54, 1.807) is 0 Å². The first kappa shape index (κ1) is 34.9. The zero-order chi connectivity index (χ0) is 37.3. The van der Waals surface area contributed by atoms with Crippen LogP contribution in [0.3, 0.4) is 0 Å². The SMILES string of the molecule is Cc1cc(Oc2ccccc2)cc(C)c1-c1cnn(-c2cc(CCC(C)C)cc(Oc3ccc4c5ccccc5n(-c5cc(C(C)C)ccn5)c4c3)c2)c1. The van der Waals surface area contributed by atoms with E-state index in [4.69, 9.17) is 19.6 Å². The topological polar surface area (TPSA) is 54.1 Å².